The lowest BCUT2D eigenvalue weighted by atomic mass is 10.0. The zero-order chi connectivity index (χ0) is 16.6. The van der Waals surface area contributed by atoms with E-state index in [0.29, 0.717) is 6.61 Å². The fourth-order valence-electron chi connectivity index (χ4n) is 2.60. The van der Waals surface area contributed by atoms with Crippen molar-refractivity contribution in [3.05, 3.63) is 90.0 Å². The molecular weight excluding hydrogens is 296 g/mol. The molecule has 0 bridgehead atoms. The van der Waals surface area contributed by atoms with Crippen LogP contribution in [-0.4, -0.2) is 13.7 Å². The molecule has 0 aliphatic heterocycles. The molecule has 122 valence electrons. The lowest BCUT2D eigenvalue weighted by molar-refractivity contribution is 0.124. The van der Waals surface area contributed by atoms with Gasteiger partial charge in [0, 0.05) is 0 Å². The molecule has 0 saturated heterocycles. The maximum atomic E-state index is 5.75. The standard InChI is InChI=1S/C22H22O2/c1-23-22-13-11-21(12-14-22)20-9-7-18(8-10-20)15-16-24-17-19-5-3-2-4-6-19/h2-14H,15-17H2,1H3. The molecule has 0 aliphatic carbocycles. The third-order valence-electron chi connectivity index (χ3n) is 4.02. The van der Waals surface area contributed by atoms with Gasteiger partial charge in [0.1, 0.15) is 5.75 Å². The normalized spacial score (nSPS) is 10.5. The Kier molecular flexibility index (Phi) is 5.65. The van der Waals surface area contributed by atoms with E-state index in [1.165, 1.54) is 22.3 Å². The van der Waals surface area contributed by atoms with E-state index in [4.69, 9.17) is 9.47 Å². The van der Waals surface area contributed by atoms with Gasteiger partial charge in [-0.2, -0.15) is 0 Å². The first-order valence-corrected chi connectivity index (χ1v) is 8.20. The summed E-state index contributed by atoms with van der Waals surface area (Å²) in [6.45, 7) is 1.40. The highest BCUT2D eigenvalue weighted by Gasteiger charge is 2.00. The first-order valence-electron chi connectivity index (χ1n) is 8.20. The van der Waals surface area contributed by atoms with Crippen molar-refractivity contribution in [3.63, 3.8) is 0 Å². The average Bonchev–Trinajstić information content (AvgIpc) is 2.67. The summed E-state index contributed by atoms with van der Waals surface area (Å²) in [5, 5.41) is 0. The molecule has 3 aromatic carbocycles. The molecule has 0 aliphatic rings. The van der Waals surface area contributed by atoms with Crippen LogP contribution in [-0.2, 0) is 17.8 Å². The summed E-state index contributed by atoms with van der Waals surface area (Å²) in [6.07, 6.45) is 0.926. The van der Waals surface area contributed by atoms with Gasteiger partial charge in [-0.1, -0.05) is 66.7 Å². The average molecular weight is 318 g/mol. The third kappa shape index (κ3) is 4.46. The number of benzene rings is 3. The van der Waals surface area contributed by atoms with E-state index < -0.39 is 0 Å². The second-order valence-electron chi connectivity index (χ2n) is 5.71. The van der Waals surface area contributed by atoms with Crippen LogP contribution in [0, 0.1) is 0 Å². The first kappa shape index (κ1) is 16.3. The molecule has 2 nitrogen and oxygen atoms in total. The van der Waals surface area contributed by atoms with E-state index >= 15 is 0 Å². The van der Waals surface area contributed by atoms with Crippen LogP contribution in [0.1, 0.15) is 11.1 Å². The Morgan fingerprint density at radius 1 is 0.667 bits per heavy atom. The fourth-order valence-corrected chi connectivity index (χ4v) is 2.60. The highest BCUT2D eigenvalue weighted by molar-refractivity contribution is 5.64. The van der Waals surface area contributed by atoms with E-state index in [2.05, 4.69) is 48.5 Å². The van der Waals surface area contributed by atoms with Crippen molar-refractivity contribution in [2.45, 2.75) is 13.0 Å². The summed E-state index contributed by atoms with van der Waals surface area (Å²) < 4.78 is 10.9. The molecule has 3 aromatic rings. The molecule has 0 fully saturated rings. The molecule has 3 rings (SSSR count). The molecule has 2 heteroatoms. The van der Waals surface area contributed by atoms with Gasteiger partial charge >= 0.3 is 0 Å². The summed E-state index contributed by atoms with van der Waals surface area (Å²) in [6, 6.07) is 27.1. The molecule has 0 unspecified atom stereocenters. The van der Waals surface area contributed by atoms with Crippen LogP contribution in [0.5, 0.6) is 5.75 Å². The summed E-state index contributed by atoms with van der Waals surface area (Å²) >= 11 is 0. The van der Waals surface area contributed by atoms with Crippen LogP contribution in [0.3, 0.4) is 0 Å². The second kappa shape index (κ2) is 8.32. The largest absolute Gasteiger partial charge is 0.497 e. The zero-order valence-electron chi connectivity index (χ0n) is 13.9. The molecule has 0 amide bonds. The van der Waals surface area contributed by atoms with E-state index in [9.17, 15) is 0 Å². The van der Waals surface area contributed by atoms with Gasteiger partial charge in [-0.15, -0.1) is 0 Å². The molecule has 0 aromatic heterocycles. The topological polar surface area (TPSA) is 18.5 Å². The summed E-state index contributed by atoms with van der Waals surface area (Å²) in [7, 11) is 1.68. The first-order chi connectivity index (χ1) is 11.8. The maximum Gasteiger partial charge on any atom is 0.118 e. The Labute approximate surface area is 143 Å². The SMILES string of the molecule is COc1ccc(-c2ccc(CCOCc3ccccc3)cc2)cc1. The van der Waals surface area contributed by atoms with E-state index in [1.807, 2.05) is 30.3 Å². The predicted octanol–water partition coefficient (Wildman–Crippen LogP) is 5.12. The lowest BCUT2D eigenvalue weighted by Crippen LogP contribution is -1.99. The Morgan fingerprint density at radius 2 is 1.29 bits per heavy atom. The van der Waals surface area contributed by atoms with Crippen molar-refractivity contribution < 1.29 is 9.47 Å². The van der Waals surface area contributed by atoms with Crippen LogP contribution in [0.25, 0.3) is 11.1 Å². The number of hydrogen-bond donors (Lipinski definition) is 0. The van der Waals surface area contributed by atoms with Crippen LogP contribution in [0.2, 0.25) is 0 Å². The monoisotopic (exact) mass is 318 g/mol. The van der Waals surface area contributed by atoms with Gasteiger partial charge in [0.05, 0.1) is 20.3 Å². The quantitative estimate of drug-likeness (QED) is 0.563. The highest BCUT2D eigenvalue weighted by atomic mass is 16.5. The van der Waals surface area contributed by atoms with E-state index in [-0.39, 0.29) is 0 Å². The molecule has 0 saturated carbocycles. The Balaban J connectivity index is 1.50. The minimum atomic E-state index is 0.671. The van der Waals surface area contributed by atoms with Crippen molar-refractivity contribution in [2.24, 2.45) is 0 Å². The van der Waals surface area contributed by atoms with Crippen LogP contribution in [0.15, 0.2) is 78.9 Å². The molecule has 0 spiro atoms. The zero-order valence-corrected chi connectivity index (χ0v) is 13.9. The van der Waals surface area contributed by atoms with Gasteiger partial charge in [0.25, 0.3) is 0 Å². The fraction of sp³-hybridized carbons (Fsp3) is 0.182. The van der Waals surface area contributed by atoms with Gasteiger partial charge in [-0.3, -0.25) is 0 Å². The number of ether oxygens (including phenoxy) is 2. The number of methoxy groups -OCH3 is 1. The highest BCUT2D eigenvalue weighted by Crippen LogP contribution is 2.22. The van der Waals surface area contributed by atoms with Crippen molar-refractivity contribution in [3.8, 4) is 16.9 Å². The van der Waals surface area contributed by atoms with Crippen LogP contribution in [0.4, 0.5) is 0 Å². The molecule has 0 heterocycles. The lowest BCUT2D eigenvalue weighted by Gasteiger charge is -2.07. The van der Waals surface area contributed by atoms with E-state index in [1.54, 1.807) is 7.11 Å². The summed E-state index contributed by atoms with van der Waals surface area (Å²) in [5.41, 5.74) is 4.92. The Hall–Kier alpha value is -2.58. The number of hydrogen-bond acceptors (Lipinski definition) is 2. The summed E-state index contributed by atoms with van der Waals surface area (Å²) in [5.74, 6) is 0.880. The second-order valence-corrected chi connectivity index (χ2v) is 5.71. The smallest absolute Gasteiger partial charge is 0.118 e. The molecule has 24 heavy (non-hydrogen) atoms. The van der Waals surface area contributed by atoms with Crippen molar-refractivity contribution >= 4 is 0 Å². The Morgan fingerprint density at radius 3 is 1.92 bits per heavy atom. The minimum Gasteiger partial charge on any atom is -0.497 e. The third-order valence-corrected chi connectivity index (χ3v) is 4.02. The molecule has 0 radical (unpaired) electrons. The van der Waals surface area contributed by atoms with Crippen LogP contribution < -0.4 is 4.74 Å². The van der Waals surface area contributed by atoms with Gasteiger partial charge in [0.2, 0.25) is 0 Å². The van der Waals surface area contributed by atoms with Crippen molar-refractivity contribution in [1.82, 2.24) is 0 Å². The maximum absolute atomic E-state index is 5.75. The molecule has 0 N–H and O–H groups in total. The summed E-state index contributed by atoms with van der Waals surface area (Å²) in [4.78, 5) is 0. The van der Waals surface area contributed by atoms with Gasteiger partial charge in [-0.25, -0.2) is 0 Å². The van der Waals surface area contributed by atoms with Gasteiger partial charge in [-0.05, 0) is 40.8 Å². The Bertz CT molecular complexity index is 731. The van der Waals surface area contributed by atoms with E-state index in [0.717, 1.165) is 18.8 Å². The molecule has 0 atom stereocenters. The molecular formula is C22H22O2. The number of rotatable bonds is 7. The predicted molar refractivity (Wildman–Crippen MR) is 98.2 cm³/mol. The van der Waals surface area contributed by atoms with Crippen molar-refractivity contribution in [1.29, 1.82) is 0 Å². The van der Waals surface area contributed by atoms with Crippen LogP contribution >= 0.6 is 0 Å². The van der Waals surface area contributed by atoms with Gasteiger partial charge < -0.3 is 9.47 Å². The minimum absolute atomic E-state index is 0.671. The van der Waals surface area contributed by atoms with Gasteiger partial charge in [0.15, 0.2) is 0 Å². The van der Waals surface area contributed by atoms with Crippen molar-refractivity contribution in [2.75, 3.05) is 13.7 Å².